The van der Waals surface area contributed by atoms with Crippen molar-refractivity contribution in [2.45, 2.75) is 31.8 Å². The molecule has 1 atom stereocenters. The summed E-state index contributed by atoms with van der Waals surface area (Å²) in [6, 6.07) is 7.79. The van der Waals surface area contributed by atoms with Crippen molar-refractivity contribution in [3.63, 3.8) is 0 Å². The Morgan fingerprint density at radius 1 is 1.32 bits per heavy atom. The van der Waals surface area contributed by atoms with E-state index in [1.54, 1.807) is 19.9 Å². The fourth-order valence-electron chi connectivity index (χ4n) is 3.21. The number of esters is 1. The lowest BCUT2D eigenvalue weighted by molar-refractivity contribution is -0.138. The van der Waals surface area contributed by atoms with Gasteiger partial charge in [-0.15, -0.1) is 6.58 Å². The molecular weight excluding hydrogens is 374 g/mol. The lowest BCUT2D eigenvalue weighted by atomic mass is 9.82. The highest BCUT2D eigenvalue weighted by Crippen LogP contribution is 2.40. The van der Waals surface area contributed by atoms with E-state index in [0.29, 0.717) is 33.6 Å². The Hall–Kier alpha value is -2.80. The third-order valence-corrected chi connectivity index (χ3v) is 5.33. The third kappa shape index (κ3) is 3.89. The molecule has 2 heterocycles. The van der Waals surface area contributed by atoms with Crippen LogP contribution in [-0.4, -0.2) is 28.3 Å². The summed E-state index contributed by atoms with van der Waals surface area (Å²) in [5.74, 6) is 0.108. The second kappa shape index (κ2) is 8.48. The van der Waals surface area contributed by atoms with E-state index in [4.69, 9.17) is 4.74 Å². The Bertz CT molecular complexity index is 993. The molecule has 0 spiro atoms. The molecule has 6 nitrogen and oxygen atoms in total. The van der Waals surface area contributed by atoms with Crippen LogP contribution in [0.25, 0.3) is 0 Å². The highest BCUT2D eigenvalue weighted by molar-refractivity contribution is 7.99. The van der Waals surface area contributed by atoms with Crippen LogP contribution in [0.5, 0.6) is 0 Å². The average Bonchev–Trinajstić information content (AvgIpc) is 2.66. The molecule has 7 heteroatoms. The summed E-state index contributed by atoms with van der Waals surface area (Å²) in [5, 5.41) is 3.63. The third-order valence-electron chi connectivity index (χ3n) is 4.46. The van der Waals surface area contributed by atoms with Crippen LogP contribution >= 0.6 is 11.8 Å². The quantitative estimate of drug-likeness (QED) is 0.334. The van der Waals surface area contributed by atoms with Crippen LogP contribution in [0.15, 0.2) is 58.1 Å². The van der Waals surface area contributed by atoms with Crippen LogP contribution in [0, 0.1) is 6.92 Å². The van der Waals surface area contributed by atoms with Gasteiger partial charge in [0.25, 0.3) is 5.56 Å². The van der Waals surface area contributed by atoms with E-state index in [0.717, 1.165) is 11.1 Å². The first-order valence-corrected chi connectivity index (χ1v) is 10.0. The van der Waals surface area contributed by atoms with E-state index in [9.17, 15) is 9.59 Å². The van der Waals surface area contributed by atoms with Crippen LogP contribution in [0.3, 0.4) is 0 Å². The summed E-state index contributed by atoms with van der Waals surface area (Å²) in [5.41, 5.74) is 3.14. The molecule has 0 amide bonds. The Balaban J connectivity index is 2.19. The van der Waals surface area contributed by atoms with Gasteiger partial charge in [-0.1, -0.05) is 47.7 Å². The van der Waals surface area contributed by atoms with Gasteiger partial charge in [0, 0.05) is 11.4 Å². The molecule has 0 bridgehead atoms. The number of nitrogens with zero attached hydrogens (tertiary/aromatic N) is 1. The number of thioether (sulfide) groups is 1. The normalized spacial score (nSPS) is 15.6. The van der Waals surface area contributed by atoms with Crippen molar-refractivity contribution in [1.82, 2.24) is 9.97 Å². The van der Waals surface area contributed by atoms with Crippen molar-refractivity contribution in [3.05, 3.63) is 75.2 Å². The van der Waals surface area contributed by atoms with Gasteiger partial charge in [-0.05, 0) is 26.3 Å². The molecule has 0 saturated carbocycles. The number of nitrogens with one attached hydrogen (secondary N) is 2. The molecule has 2 N–H and O–H groups in total. The van der Waals surface area contributed by atoms with E-state index >= 15 is 0 Å². The van der Waals surface area contributed by atoms with Crippen molar-refractivity contribution in [2.75, 3.05) is 17.7 Å². The number of hydrogen-bond acceptors (Lipinski definition) is 6. The molecule has 1 unspecified atom stereocenters. The monoisotopic (exact) mass is 397 g/mol. The molecule has 2 aromatic rings. The summed E-state index contributed by atoms with van der Waals surface area (Å²) in [4.78, 5) is 33.1. The molecular formula is C21H23N3O3S. The van der Waals surface area contributed by atoms with Crippen molar-refractivity contribution in [1.29, 1.82) is 0 Å². The second-order valence-corrected chi connectivity index (χ2v) is 7.47. The minimum absolute atomic E-state index is 0.259. The predicted molar refractivity (Wildman–Crippen MR) is 112 cm³/mol. The Kier molecular flexibility index (Phi) is 6.04. The van der Waals surface area contributed by atoms with Crippen LogP contribution < -0.4 is 10.9 Å². The van der Waals surface area contributed by atoms with E-state index in [1.807, 2.05) is 31.2 Å². The van der Waals surface area contributed by atoms with Crippen LogP contribution in [0.1, 0.15) is 36.5 Å². The van der Waals surface area contributed by atoms with Crippen LogP contribution in [-0.2, 0) is 9.53 Å². The topological polar surface area (TPSA) is 84.1 Å². The number of carbonyl (C=O) groups is 1. The fourth-order valence-corrected chi connectivity index (χ4v) is 3.81. The summed E-state index contributed by atoms with van der Waals surface area (Å²) >= 11 is 1.39. The van der Waals surface area contributed by atoms with Gasteiger partial charge in [-0.3, -0.25) is 4.79 Å². The summed E-state index contributed by atoms with van der Waals surface area (Å²) in [6.45, 7) is 9.50. The smallest absolute Gasteiger partial charge is 0.336 e. The molecule has 1 aromatic heterocycles. The zero-order chi connectivity index (χ0) is 20.3. The first-order valence-electron chi connectivity index (χ1n) is 9.05. The maximum absolute atomic E-state index is 13.0. The highest BCUT2D eigenvalue weighted by atomic mass is 32.2. The number of aryl methyl sites for hydroxylation is 1. The molecule has 1 aromatic carbocycles. The molecule has 28 heavy (non-hydrogen) atoms. The minimum Gasteiger partial charge on any atom is -0.463 e. The van der Waals surface area contributed by atoms with Crippen molar-refractivity contribution in [3.8, 4) is 0 Å². The zero-order valence-corrected chi connectivity index (χ0v) is 17.0. The van der Waals surface area contributed by atoms with Gasteiger partial charge in [-0.2, -0.15) is 0 Å². The van der Waals surface area contributed by atoms with E-state index in [1.165, 1.54) is 11.8 Å². The van der Waals surface area contributed by atoms with Gasteiger partial charge in [0.15, 0.2) is 5.16 Å². The Morgan fingerprint density at radius 2 is 2.04 bits per heavy atom. The number of benzene rings is 1. The van der Waals surface area contributed by atoms with Gasteiger partial charge in [-0.25, -0.2) is 9.78 Å². The zero-order valence-electron chi connectivity index (χ0n) is 16.2. The molecule has 146 valence electrons. The number of aromatic nitrogens is 2. The molecule has 0 saturated heterocycles. The number of aromatic amines is 1. The molecule has 0 radical (unpaired) electrons. The van der Waals surface area contributed by atoms with E-state index < -0.39 is 11.9 Å². The number of H-pyrrole nitrogens is 1. The average molecular weight is 398 g/mol. The lowest BCUT2D eigenvalue weighted by Crippen LogP contribution is -2.31. The first kappa shape index (κ1) is 19.9. The number of ether oxygens (including phenoxy) is 1. The maximum Gasteiger partial charge on any atom is 0.336 e. The number of rotatable bonds is 6. The van der Waals surface area contributed by atoms with Gasteiger partial charge >= 0.3 is 5.97 Å². The molecule has 1 aliphatic rings. The number of hydrogen-bond donors (Lipinski definition) is 2. The fraction of sp³-hybridized carbons (Fsp3) is 0.286. The molecule has 0 fully saturated rings. The van der Waals surface area contributed by atoms with Crippen LogP contribution in [0.2, 0.25) is 0 Å². The van der Waals surface area contributed by atoms with Gasteiger partial charge in [0.1, 0.15) is 5.82 Å². The van der Waals surface area contributed by atoms with Crippen molar-refractivity contribution < 1.29 is 9.53 Å². The Morgan fingerprint density at radius 3 is 2.68 bits per heavy atom. The largest absolute Gasteiger partial charge is 0.463 e. The van der Waals surface area contributed by atoms with Gasteiger partial charge < -0.3 is 15.0 Å². The van der Waals surface area contributed by atoms with E-state index in [2.05, 4.69) is 21.9 Å². The summed E-state index contributed by atoms with van der Waals surface area (Å²) < 4.78 is 5.27. The maximum atomic E-state index is 13.0. The standard InChI is InChI=1S/C21H23N3O3S/c1-5-11-28-21-23-18-17(19(25)24-21)16(14-9-7-12(3)8-10-14)15(13(4)22-18)20(26)27-6-2/h5,7-10,16H,1,6,11H2,2-4H3,(H2,22,23,24,25). The number of anilines is 1. The molecule has 3 rings (SSSR count). The predicted octanol–water partition coefficient (Wildman–Crippen LogP) is 3.75. The SMILES string of the molecule is C=CCSc1nc2c(c(=O)[nH]1)C(c1ccc(C)cc1)C(C(=O)OCC)=C(C)N2. The van der Waals surface area contributed by atoms with Gasteiger partial charge in [0.2, 0.25) is 0 Å². The minimum atomic E-state index is -0.550. The summed E-state index contributed by atoms with van der Waals surface area (Å²) in [6.07, 6.45) is 1.75. The number of allylic oxidation sites excluding steroid dienone is 1. The summed E-state index contributed by atoms with van der Waals surface area (Å²) in [7, 11) is 0. The number of carbonyl (C=O) groups excluding carboxylic acids is 1. The lowest BCUT2D eigenvalue weighted by Gasteiger charge is -2.28. The van der Waals surface area contributed by atoms with Gasteiger partial charge in [0.05, 0.1) is 23.7 Å². The van der Waals surface area contributed by atoms with Crippen LogP contribution in [0.4, 0.5) is 5.82 Å². The molecule has 0 aliphatic carbocycles. The van der Waals surface area contributed by atoms with Crippen molar-refractivity contribution in [2.24, 2.45) is 0 Å². The Labute approximate surface area is 168 Å². The van der Waals surface area contributed by atoms with E-state index in [-0.39, 0.29) is 12.2 Å². The number of fused-ring (bicyclic) bond motifs is 1. The highest BCUT2D eigenvalue weighted by Gasteiger charge is 2.36. The second-order valence-electron chi connectivity index (χ2n) is 6.46. The molecule has 1 aliphatic heterocycles. The van der Waals surface area contributed by atoms with Crippen molar-refractivity contribution >= 4 is 23.5 Å². The first-order chi connectivity index (χ1) is 13.5.